The lowest BCUT2D eigenvalue weighted by Crippen LogP contribution is -2.20. The molecule has 0 spiro atoms. The molecular weight excluding hydrogens is 318 g/mol. The molecule has 2 aliphatic rings. The van der Waals surface area contributed by atoms with Crippen molar-refractivity contribution in [3.05, 3.63) is 28.8 Å². The van der Waals surface area contributed by atoms with E-state index < -0.39 is 6.09 Å². The number of Topliss-reactive ketones (excluding diaryl/α,β-unsaturated/α-hetero) is 1. The van der Waals surface area contributed by atoms with Gasteiger partial charge in [-0.15, -0.1) is 0 Å². The minimum Gasteiger partial charge on any atom is -0.463 e. The smallest absolute Gasteiger partial charge is 0.432 e. The van der Waals surface area contributed by atoms with Crippen molar-refractivity contribution in [1.82, 2.24) is 0 Å². The first-order valence-corrected chi connectivity index (χ1v) is 7.90. The zero-order valence-electron chi connectivity index (χ0n) is 12.7. The quantitative estimate of drug-likeness (QED) is 0.490. The van der Waals surface area contributed by atoms with Crippen LogP contribution in [0.2, 0.25) is 5.02 Å². The van der Waals surface area contributed by atoms with Gasteiger partial charge in [0.25, 0.3) is 0 Å². The van der Waals surface area contributed by atoms with Gasteiger partial charge in [-0.25, -0.2) is 4.79 Å². The lowest BCUT2D eigenvalue weighted by molar-refractivity contribution is 0.0964. The Morgan fingerprint density at radius 1 is 1.35 bits per heavy atom. The Hall–Kier alpha value is -2.08. The van der Waals surface area contributed by atoms with Gasteiger partial charge in [0, 0.05) is 30.5 Å². The zero-order valence-corrected chi connectivity index (χ0v) is 13.5. The number of carboxylic acid groups (broad SMARTS) is 1. The molecule has 2 saturated carbocycles. The monoisotopic (exact) mass is 335 g/mol. The van der Waals surface area contributed by atoms with Crippen LogP contribution >= 0.6 is 11.6 Å². The highest BCUT2D eigenvalue weighted by Gasteiger charge is 2.46. The second kappa shape index (κ2) is 5.85. The molecule has 1 amide bonds. The second-order valence-electron chi connectivity index (χ2n) is 6.14. The lowest BCUT2D eigenvalue weighted by atomic mass is 10.0. The van der Waals surface area contributed by atoms with Gasteiger partial charge in [0.1, 0.15) is 5.84 Å². The van der Waals surface area contributed by atoms with E-state index in [0.717, 1.165) is 5.69 Å². The number of hydrogen-bond donors (Lipinski definition) is 2. The summed E-state index contributed by atoms with van der Waals surface area (Å²) in [6.45, 7) is 0. The Labute approximate surface area is 138 Å². The highest BCUT2D eigenvalue weighted by atomic mass is 35.5. The first kappa shape index (κ1) is 15.8. The molecule has 2 fully saturated rings. The number of nitrogens with two attached hydrogens (primary N) is 1. The van der Waals surface area contributed by atoms with Crippen LogP contribution in [-0.4, -0.2) is 35.9 Å². The van der Waals surface area contributed by atoms with E-state index in [0.29, 0.717) is 23.0 Å². The molecule has 7 heteroatoms. The molecule has 1 aromatic rings. The molecular formula is C16H18ClN3O3. The number of anilines is 1. The summed E-state index contributed by atoms with van der Waals surface area (Å²) in [5.41, 5.74) is 7.05. The largest absolute Gasteiger partial charge is 0.463 e. The molecule has 23 heavy (non-hydrogen) atoms. The fraction of sp³-hybridized carbons (Fsp3) is 0.438. The van der Waals surface area contributed by atoms with Crippen molar-refractivity contribution < 1.29 is 14.7 Å². The number of aliphatic imine (C=N–C) groups is 1. The summed E-state index contributed by atoms with van der Waals surface area (Å²) in [4.78, 5) is 28.4. The van der Waals surface area contributed by atoms with E-state index in [1.165, 1.54) is 12.8 Å². The number of amidine groups is 1. The third-order valence-electron chi connectivity index (χ3n) is 4.44. The minimum absolute atomic E-state index is 0.00651. The Bertz CT molecular complexity index is 700. The van der Waals surface area contributed by atoms with Crippen LogP contribution in [0.15, 0.2) is 23.2 Å². The van der Waals surface area contributed by atoms with E-state index >= 15 is 0 Å². The fourth-order valence-electron chi connectivity index (χ4n) is 2.82. The number of carbonyl (C=O) groups excluding carboxylic acids is 1. The summed E-state index contributed by atoms with van der Waals surface area (Å²) in [5.74, 6) is -0.652. The van der Waals surface area contributed by atoms with Crippen molar-refractivity contribution in [1.29, 1.82) is 0 Å². The van der Waals surface area contributed by atoms with Crippen LogP contribution in [0.25, 0.3) is 0 Å². The molecule has 2 aliphatic carbocycles. The predicted molar refractivity (Wildman–Crippen MR) is 88.5 cm³/mol. The van der Waals surface area contributed by atoms with Crippen molar-refractivity contribution in [2.45, 2.75) is 25.3 Å². The normalized spacial score (nSPS) is 23.5. The van der Waals surface area contributed by atoms with Crippen LogP contribution in [0, 0.1) is 11.8 Å². The van der Waals surface area contributed by atoms with Gasteiger partial charge in [0.15, 0.2) is 5.78 Å². The molecule has 0 radical (unpaired) electrons. The van der Waals surface area contributed by atoms with E-state index in [4.69, 9.17) is 22.4 Å². The van der Waals surface area contributed by atoms with Crippen LogP contribution in [0.4, 0.5) is 10.5 Å². The van der Waals surface area contributed by atoms with Crippen LogP contribution in [0.5, 0.6) is 0 Å². The van der Waals surface area contributed by atoms with Gasteiger partial charge in [-0.2, -0.15) is 4.99 Å². The molecule has 0 aromatic heterocycles. The third kappa shape index (κ3) is 3.32. The number of rotatable bonds is 5. The van der Waals surface area contributed by atoms with Crippen LogP contribution in [-0.2, 0) is 0 Å². The number of ketones is 1. The molecule has 0 aliphatic heterocycles. The van der Waals surface area contributed by atoms with Crippen LogP contribution in [0.3, 0.4) is 0 Å². The van der Waals surface area contributed by atoms with E-state index in [1.54, 1.807) is 12.1 Å². The maximum Gasteiger partial charge on any atom is 0.432 e. The molecule has 6 nitrogen and oxygen atoms in total. The maximum atomic E-state index is 12.5. The van der Waals surface area contributed by atoms with Crippen molar-refractivity contribution in [2.75, 3.05) is 11.9 Å². The Morgan fingerprint density at radius 3 is 2.61 bits per heavy atom. The number of nitrogens with zero attached hydrogens (tertiary/aromatic N) is 2. The van der Waals surface area contributed by atoms with Crippen molar-refractivity contribution in [3.8, 4) is 0 Å². The molecule has 0 bridgehead atoms. The van der Waals surface area contributed by atoms with E-state index in [9.17, 15) is 9.59 Å². The van der Waals surface area contributed by atoms with Gasteiger partial charge in [-0.1, -0.05) is 11.6 Å². The Kier molecular flexibility index (Phi) is 4.02. The number of halogens is 1. The average Bonchev–Trinajstić information content (AvgIpc) is 3.38. The fourth-order valence-corrected chi connectivity index (χ4v) is 3.14. The van der Waals surface area contributed by atoms with Crippen LogP contribution < -0.4 is 10.6 Å². The molecule has 2 atom stereocenters. The molecule has 2 unspecified atom stereocenters. The first-order chi connectivity index (χ1) is 10.9. The van der Waals surface area contributed by atoms with Gasteiger partial charge in [-0.3, -0.25) is 4.79 Å². The van der Waals surface area contributed by atoms with Gasteiger partial charge in [0.05, 0.1) is 10.7 Å². The van der Waals surface area contributed by atoms with Gasteiger partial charge in [-0.05, 0) is 37.5 Å². The second-order valence-corrected chi connectivity index (χ2v) is 6.55. The minimum atomic E-state index is -1.34. The number of amides is 1. The molecule has 3 N–H and O–H groups in total. The molecule has 0 heterocycles. The van der Waals surface area contributed by atoms with E-state index in [1.807, 2.05) is 13.1 Å². The Balaban J connectivity index is 1.71. The number of hydrogen-bond acceptors (Lipinski definition) is 3. The standard InChI is InChI=1S/C16H18ClN3O3/c1-20(9-3-4-9)13-5-2-8(6-12(13)17)14(21)10-7-11(10)15(18)19-16(22)23/h2,5-6,9-11H,3-4,7H2,1H3,(H2,18,19)(H,22,23). The van der Waals surface area contributed by atoms with E-state index in [-0.39, 0.29) is 23.5 Å². The maximum absolute atomic E-state index is 12.5. The van der Waals surface area contributed by atoms with Crippen molar-refractivity contribution >= 4 is 35.0 Å². The van der Waals surface area contributed by atoms with Crippen LogP contribution in [0.1, 0.15) is 29.6 Å². The lowest BCUT2D eigenvalue weighted by Gasteiger charge is -2.20. The number of benzene rings is 1. The molecule has 3 rings (SSSR count). The Morgan fingerprint density at radius 2 is 2.04 bits per heavy atom. The van der Waals surface area contributed by atoms with Gasteiger partial charge in [0.2, 0.25) is 0 Å². The van der Waals surface area contributed by atoms with Gasteiger partial charge < -0.3 is 15.7 Å². The van der Waals surface area contributed by atoms with E-state index in [2.05, 4.69) is 9.89 Å². The summed E-state index contributed by atoms with van der Waals surface area (Å²) in [7, 11) is 2.00. The van der Waals surface area contributed by atoms with Crippen molar-refractivity contribution in [2.24, 2.45) is 22.6 Å². The number of carbonyl (C=O) groups is 2. The highest BCUT2D eigenvalue weighted by molar-refractivity contribution is 6.33. The average molecular weight is 336 g/mol. The summed E-state index contributed by atoms with van der Waals surface area (Å²) in [6, 6.07) is 5.84. The zero-order chi connectivity index (χ0) is 16.7. The van der Waals surface area contributed by atoms with Gasteiger partial charge >= 0.3 is 6.09 Å². The molecule has 122 valence electrons. The first-order valence-electron chi connectivity index (χ1n) is 7.52. The SMILES string of the molecule is CN(c1ccc(C(=O)C2CC2C(N)=NC(=O)O)cc1Cl)C1CC1. The summed E-state index contributed by atoms with van der Waals surface area (Å²) < 4.78 is 0. The summed E-state index contributed by atoms with van der Waals surface area (Å²) in [5, 5.41) is 9.15. The highest BCUT2D eigenvalue weighted by Crippen LogP contribution is 2.42. The predicted octanol–water partition coefficient (Wildman–Crippen LogP) is 2.79. The summed E-state index contributed by atoms with van der Waals surface area (Å²) >= 11 is 6.31. The molecule has 0 saturated heterocycles. The molecule has 1 aromatic carbocycles. The third-order valence-corrected chi connectivity index (χ3v) is 4.74. The summed E-state index contributed by atoms with van der Waals surface area (Å²) in [6.07, 6.45) is 1.53. The van der Waals surface area contributed by atoms with Crippen molar-refractivity contribution in [3.63, 3.8) is 0 Å². The topological polar surface area (TPSA) is 96.0 Å².